The van der Waals surface area contributed by atoms with Gasteiger partial charge in [0.05, 0.1) is 15.9 Å². The molecular weight excluding hydrogens is 424 g/mol. The van der Waals surface area contributed by atoms with Crippen LogP contribution in [0, 0.1) is 0 Å². The molecule has 6 nitrogen and oxygen atoms in total. The molecule has 4 rings (SSSR count). The molecule has 0 unspecified atom stereocenters. The average Bonchev–Trinajstić information content (AvgIpc) is 2.73. The number of thioether (sulfide) groups is 1. The predicted octanol–water partition coefficient (Wildman–Crippen LogP) is 4.95. The Morgan fingerprint density at radius 3 is 2.77 bits per heavy atom. The van der Waals surface area contributed by atoms with Crippen LogP contribution in [-0.2, 0) is 12.3 Å². The zero-order chi connectivity index (χ0) is 21.3. The summed E-state index contributed by atoms with van der Waals surface area (Å²) in [5.41, 5.74) is 1.01. The lowest BCUT2D eigenvalue weighted by Crippen LogP contribution is -2.23. The first-order valence-corrected chi connectivity index (χ1v) is 10.9. The average molecular weight is 443 g/mol. The smallest absolute Gasteiger partial charge is 0.336 e. The highest BCUT2D eigenvalue weighted by molar-refractivity contribution is 7.98. The van der Waals surface area contributed by atoms with Crippen LogP contribution in [0.1, 0.15) is 25.3 Å². The Hall–Kier alpha value is -2.77. The number of aromatic nitrogens is 2. The van der Waals surface area contributed by atoms with Crippen molar-refractivity contribution in [1.29, 1.82) is 0 Å². The van der Waals surface area contributed by atoms with Crippen molar-refractivity contribution >= 4 is 45.2 Å². The Labute approximate surface area is 181 Å². The van der Waals surface area contributed by atoms with Crippen LogP contribution >= 0.6 is 23.4 Å². The van der Waals surface area contributed by atoms with Crippen LogP contribution in [0.4, 0.5) is 0 Å². The Bertz CT molecular complexity index is 1360. The number of phenols is 1. The minimum Gasteiger partial charge on any atom is -0.506 e. The van der Waals surface area contributed by atoms with Gasteiger partial charge in [-0.05, 0) is 30.2 Å². The van der Waals surface area contributed by atoms with Gasteiger partial charge in [0.15, 0.2) is 5.16 Å². The summed E-state index contributed by atoms with van der Waals surface area (Å²) in [6.07, 6.45) is 1.82. The van der Waals surface area contributed by atoms with Crippen molar-refractivity contribution in [3.63, 3.8) is 0 Å². The van der Waals surface area contributed by atoms with Crippen molar-refractivity contribution in [3.8, 4) is 5.75 Å². The second-order valence-corrected chi connectivity index (χ2v) is 8.25. The van der Waals surface area contributed by atoms with E-state index in [1.807, 2.05) is 18.2 Å². The fourth-order valence-corrected chi connectivity index (χ4v) is 4.45. The molecule has 0 saturated heterocycles. The first kappa shape index (κ1) is 20.5. The molecule has 0 aliphatic carbocycles. The summed E-state index contributed by atoms with van der Waals surface area (Å²) in [7, 11) is 0. The van der Waals surface area contributed by atoms with Crippen LogP contribution in [0.25, 0.3) is 21.9 Å². The maximum Gasteiger partial charge on any atom is 0.336 e. The molecular formula is C22H19ClN2O4S. The summed E-state index contributed by atoms with van der Waals surface area (Å²) in [6, 6.07) is 11.6. The lowest BCUT2D eigenvalue weighted by atomic mass is 10.1. The lowest BCUT2D eigenvalue weighted by Gasteiger charge is -2.13. The molecule has 2 aromatic heterocycles. The Kier molecular flexibility index (Phi) is 5.83. The van der Waals surface area contributed by atoms with E-state index >= 15 is 0 Å². The van der Waals surface area contributed by atoms with E-state index < -0.39 is 5.63 Å². The number of rotatable bonds is 6. The highest BCUT2D eigenvalue weighted by Gasteiger charge is 2.14. The van der Waals surface area contributed by atoms with Crippen molar-refractivity contribution in [2.45, 2.75) is 37.2 Å². The van der Waals surface area contributed by atoms with Gasteiger partial charge in [-0.15, -0.1) is 0 Å². The third-order valence-electron chi connectivity index (χ3n) is 4.82. The zero-order valence-electron chi connectivity index (χ0n) is 16.2. The topological polar surface area (TPSA) is 85.3 Å². The molecule has 0 saturated carbocycles. The third kappa shape index (κ3) is 3.95. The van der Waals surface area contributed by atoms with Gasteiger partial charge < -0.3 is 9.52 Å². The Morgan fingerprint density at radius 1 is 1.17 bits per heavy atom. The Balaban J connectivity index is 1.77. The number of fused-ring (bicyclic) bond motifs is 2. The molecule has 4 aromatic rings. The van der Waals surface area contributed by atoms with E-state index in [9.17, 15) is 14.7 Å². The number of hydrogen-bond acceptors (Lipinski definition) is 6. The number of nitrogens with zero attached hydrogens (tertiary/aromatic N) is 2. The standard InChI is InChI=1S/C22H19ClN2O4S/c1-2-3-8-25-21(28)14-6-4-5-7-17(14)24-22(25)30-12-13-9-20(27)29-19-11-18(26)16(23)10-15(13)19/h4-7,9-11,26H,2-3,8,12H2,1H3. The van der Waals surface area contributed by atoms with Crippen LogP contribution < -0.4 is 11.2 Å². The van der Waals surface area contributed by atoms with Gasteiger partial charge in [-0.1, -0.05) is 48.8 Å². The van der Waals surface area contributed by atoms with Gasteiger partial charge in [-0.2, -0.15) is 0 Å². The fraction of sp³-hybridized carbons (Fsp3) is 0.227. The highest BCUT2D eigenvalue weighted by Crippen LogP contribution is 2.32. The van der Waals surface area contributed by atoms with E-state index in [1.54, 1.807) is 16.7 Å². The van der Waals surface area contributed by atoms with E-state index in [1.165, 1.54) is 23.9 Å². The van der Waals surface area contributed by atoms with Crippen molar-refractivity contribution in [2.75, 3.05) is 0 Å². The van der Waals surface area contributed by atoms with E-state index in [4.69, 9.17) is 21.0 Å². The molecule has 2 heterocycles. The maximum absolute atomic E-state index is 13.0. The first-order valence-electron chi connectivity index (χ1n) is 9.55. The molecule has 0 aliphatic rings. The van der Waals surface area contributed by atoms with Gasteiger partial charge in [-0.3, -0.25) is 9.36 Å². The van der Waals surface area contributed by atoms with Crippen LogP contribution in [0.5, 0.6) is 5.75 Å². The quantitative estimate of drug-likeness (QED) is 0.258. The van der Waals surface area contributed by atoms with Crippen molar-refractivity contribution < 1.29 is 9.52 Å². The summed E-state index contributed by atoms with van der Waals surface area (Å²) in [5, 5.41) is 11.8. The van der Waals surface area contributed by atoms with Gasteiger partial charge in [0, 0.05) is 29.8 Å². The van der Waals surface area contributed by atoms with E-state index in [2.05, 4.69) is 6.92 Å². The monoisotopic (exact) mass is 442 g/mol. The minimum atomic E-state index is -0.519. The van der Waals surface area contributed by atoms with Crippen molar-refractivity contribution in [1.82, 2.24) is 9.55 Å². The number of halogens is 1. The molecule has 1 N–H and O–H groups in total. The fourth-order valence-electron chi connectivity index (χ4n) is 3.27. The molecule has 0 amide bonds. The van der Waals surface area contributed by atoms with Gasteiger partial charge in [0.2, 0.25) is 0 Å². The number of benzene rings is 2. The molecule has 154 valence electrons. The van der Waals surface area contributed by atoms with Crippen LogP contribution in [-0.4, -0.2) is 14.7 Å². The van der Waals surface area contributed by atoms with Gasteiger partial charge in [0.25, 0.3) is 5.56 Å². The maximum atomic E-state index is 13.0. The van der Waals surface area contributed by atoms with Crippen LogP contribution in [0.15, 0.2) is 61.6 Å². The number of phenolic OH excluding ortho intramolecular Hbond substituents is 1. The van der Waals surface area contributed by atoms with Crippen molar-refractivity contribution in [2.24, 2.45) is 0 Å². The normalized spacial score (nSPS) is 11.4. The highest BCUT2D eigenvalue weighted by atomic mass is 35.5. The molecule has 0 spiro atoms. The van der Waals surface area contributed by atoms with E-state index in [0.717, 1.165) is 12.8 Å². The molecule has 8 heteroatoms. The number of para-hydroxylation sites is 1. The molecule has 0 aliphatic heterocycles. The number of aromatic hydroxyl groups is 1. The van der Waals surface area contributed by atoms with Crippen molar-refractivity contribution in [3.05, 3.63) is 73.8 Å². The number of unbranched alkanes of at least 4 members (excludes halogenated alkanes) is 1. The summed E-state index contributed by atoms with van der Waals surface area (Å²) in [6.45, 7) is 2.65. The molecule has 30 heavy (non-hydrogen) atoms. The third-order valence-corrected chi connectivity index (χ3v) is 6.14. The molecule has 0 fully saturated rings. The molecule has 0 radical (unpaired) electrons. The second-order valence-electron chi connectivity index (χ2n) is 6.90. The summed E-state index contributed by atoms with van der Waals surface area (Å²) < 4.78 is 6.89. The number of hydrogen-bond donors (Lipinski definition) is 1. The molecule has 0 bridgehead atoms. The molecule has 2 aromatic carbocycles. The first-order chi connectivity index (χ1) is 14.5. The summed E-state index contributed by atoms with van der Waals surface area (Å²) in [5.74, 6) is 0.238. The van der Waals surface area contributed by atoms with Crippen LogP contribution in [0.2, 0.25) is 5.02 Å². The SMILES string of the molecule is CCCCn1c(SCc2cc(=O)oc3cc(O)c(Cl)cc23)nc2ccccc2c1=O. The van der Waals surface area contributed by atoms with Crippen LogP contribution in [0.3, 0.4) is 0 Å². The van der Waals surface area contributed by atoms with Gasteiger partial charge in [0.1, 0.15) is 11.3 Å². The Morgan fingerprint density at radius 2 is 1.97 bits per heavy atom. The minimum absolute atomic E-state index is 0.0676. The second kappa shape index (κ2) is 8.53. The summed E-state index contributed by atoms with van der Waals surface area (Å²) >= 11 is 7.43. The lowest BCUT2D eigenvalue weighted by molar-refractivity contribution is 0.473. The molecule has 0 atom stereocenters. The summed E-state index contributed by atoms with van der Waals surface area (Å²) in [4.78, 5) is 29.7. The predicted molar refractivity (Wildman–Crippen MR) is 120 cm³/mol. The largest absolute Gasteiger partial charge is 0.506 e. The van der Waals surface area contributed by atoms with Gasteiger partial charge in [-0.25, -0.2) is 9.78 Å². The van der Waals surface area contributed by atoms with E-state index in [0.29, 0.717) is 39.3 Å². The van der Waals surface area contributed by atoms with Gasteiger partial charge >= 0.3 is 5.63 Å². The van der Waals surface area contributed by atoms with E-state index in [-0.39, 0.29) is 21.9 Å². The zero-order valence-corrected chi connectivity index (χ0v) is 17.8.